The van der Waals surface area contributed by atoms with E-state index in [9.17, 15) is 9.59 Å². The van der Waals surface area contributed by atoms with Crippen LogP contribution in [-0.2, 0) is 4.79 Å². The number of hydrogen-bond acceptors (Lipinski definition) is 4. The monoisotopic (exact) mass is 337 g/mol. The summed E-state index contributed by atoms with van der Waals surface area (Å²) in [4.78, 5) is 23.3. The molecule has 24 heavy (non-hydrogen) atoms. The van der Waals surface area contributed by atoms with Crippen molar-refractivity contribution < 1.29 is 19.1 Å². The van der Waals surface area contributed by atoms with Crippen LogP contribution in [0.2, 0.25) is 0 Å². The Morgan fingerprint density at radius 3 is 2.38 bits per heavy atom. The maximum atomic E-state index is 11.7. The van der Waals surface area contributed by atoms with Gasteiger partial charge in [-0.2, -0.15) is 0 Å². The number of rotatable bonds is 10. The van der Waals surface area contributed by atoms with Gasteiger partial charge in [-0.1, -0.05) is 6.92 Å². The zero-order valence-electron chi connectivity index (χ0n) is 14.6. The van der Waals surface area contributed by atoms with Crippen LogP contribution in [0.25, 0.3) is 0 Å². The number of hydrogen-bond donors (Lipinski definition) is 3. The highest BCUT2D eigenvalue weighted by Gasteiger charge is 2.14. The molecular formula is C17H27N3O4. The van der Waals surface area contributed by atoms with E-state index in [1.807, 2.05) is 31.2 Å². The van der Waals surface area contributed by atoms with Crippen molar-refractivity contribution in [3.05, 3.63) is 24.3 Å². The van der Waals surface area contributed by atoms with Gasteiger partial charge in [0.25, 0.3) is 0 Å². The number of urea groups is 1. The molecule has 0 heterocycles. The molecule has 0 bridgehead atoms. The van der Waals surface area contributed by atoms with E-state index < -0.39 is 6.04 Å². The van der Waals surface area contributed by atoms with Crippen molar-refractivity contribution in [2.75, 3.05) is 26.8 Å². The van der Waals surface area contributed by atoms with E-state index in [0.717, 1.165) is 17.9 Å². The Labute approximate surface area is 143 Å². The number of carbonyl (C=O) groups is 2. The highest BCUT2D eigenvalue weighted by molar-refractivity contribution is 5.86. The number of nitrogens with one attached hydrogen (secondary N) is 3. The van der Waals surface area contributed by atoms with Crippen LogP contribution in [0.1, 0.15) is 26.7 Å². The molecule has 0 aliphatic rings. The van der Waals surface area contributed by atoms with E-state index in [1.165, 1.54) is 0 Å². The zero-order valence-corrected chi connectivity index (χ0v) is 14.6. The van der Waals surface area contributed by atoms with Crippen LogP contribution in [0.15, 0.2) is 24.3 Å². The van der Waals surface area contributed by atoms with Gasteiger partial charge >= 0.3 is 6.03 Å². The third-order valence-corrected chi connectivity index (χ3v) is 3.22. The molecule has 0 saturated heterocycles. The van der Waals surface area contributed by atoms with Crippen molar-refractivity contribution in [1.82, 2.24) is 16.0 Å². The summed E-state index contributed by atoms with van der Waals surface area (Å²) in [5.41, 5.74) is 0. The van der Waals surface area contributed by atoms with Gasteiger partial charge in [0.2, 0.25) is 5.91 Å². The number of benzene rings is 1. The molecule has 0 fully saturated rings. The first kappa shape index (κ1) is 19.6. The lowest BCUT2D eigenvalue weighted by atomic mass is 10.3. The third-order valence-electron chi connectivity index (χ3n) is 3.22. The van der Waals surface area contributed by atoms with Gasteiger partial charge in [-0.25, -0.2) is 4.79 Å². The molecule has 3 amide bonds. The maximum Gasteiger partial charge on any atom is 0.315 e. The largest absolute Gasteiger partial charge is 0.497 e. The third kappa shape index (κ3) is 7.71. The Morgan fingerprint density at radius 2 is 1.75 bits per heavy atom. The topological polar surface area (TPSA) is 88.7 Å². The molecule has 1 atom stereocenters. The van der Waals surface area contributed by atoms with Gasteiger partial charge in [0.15, 0.2) is 0 Å². The summed E-state index contributed by atoms with van der Waals surface area (Å²) in [6.07, 6.45) is 1.52. The van der Waals surface area contributed by atoms with Crippen molar-refractivity contribution in [3.63, 3.8) is 0 Å². The van der Waals surface area contributed by atoms with Crippen molar-refractivity contribution >= 4 is 11.9 Å². The molecule has 7 nitrogen and oxygen atoms in total. The summed E-state index contributed by atoms with van der Waals surface area (Å²) < 4.78 is 10.6. The van der Waals surface area contributed by atoms with E-state index >= 15 is 0 Å². The van der Waals surface area contributed by atoms with Crippen LogP contribution in [-0.4, -0.2) is 44.8 Å². The molecule has 3 N–H and O–H groups in total. The second kappa shape index (κ2) is 11.2. The maximum absolute atomic E-state index is 11.7. The van der Waals surface area contributed by atoms with E-state index in [2.05, 4.69) is 16.0 Å². The number of methoxy groups -OCH3 is 1. The summed E-state index contributed by atoms with van der Waals surface area (Å²) in [6.45, 7) is 5.18. The van der Waals surface area contributed by atoms with Crippen LogP contribution in [0.3, 0.4) is 0 Å². The molecule has 0 unspecified atom stereocenters. The Balaban J connectivity index is 2.13. The highest BCUT2D eigenvalue weighted by atomic mass is 16.5. The van der Waals surface area contributed by atoms with Crippen molar-refractivity contribution in [1.29, 1.82) is 0 Å². The molecule has 1 aromatic rings. The van der Waals surface area contributed by atoms with E-state index in [1.54, 1.807) is 14.0 Å². The van der Waals surface area contributed by atoms with E-state index in [-0.39, 0.29) is 11.9 Å². The van der Waals surface area contributed by atoms with Gasteiger partial charge in [0.05, 0.1) is 13.7 Å². The van der Waals surface area contributed by atoms with E-state index in [4.69, 9.17) is 9.47 Å². The molecule has 0 saturated carbocycles. The van der Waals surface area contributed by atoms with Crippen LogP contribution < -0.4 is 25.4 Å². The molecule has 1 rings (SSSR count). The Morgan fingerprint density at radius 1 is 1.08 bits per heavy atom. The molecule has 134 valence electrons. The van der Waals surface area contributed by atoms with Crippen LogP contribution >= 0.6 is 0 Å². The first-order valence-corrected chi connectivity index (χ1v) is 8.15. The molecule has 0 aliphatic carbocycles. The summed E-state index contributed by atoms with van der Waals surface area (Å²) in [7, 11) is 1.61. The van der Waals surface area contributed by atoms with Crippen LogP contribution in [0.5, 0.6) is 11.5 Å². The summed E-state index contributed by atoms with van der Waals surface area (Å²) in [6, 6.07) is 6.38. The van der Waals surface area contributed by atoms with Gasteiger partial charge in [-0.15, -0.1) is 0 Å². The summed E-state index contributed by atoms with van der Waals surface area (Å²) in [5.74, 6) is 1.34. The minimum Gasteiger partial charge on any atom is -0.497 e. The zero-order chi connectivity index (χ0) is 17.8. The van der Waals surface area contributed by atoms with Crippen LogP contribution in [0.4, 0.5) is 4.79 Å². The van der Waals surface area contributed by atoms with Crippen LogP contribution in [0, 0.1) is 0 Å². The Hall–Kier alpha value is -2.44. The first-order valence-electron chi connectivity index (χ1n) is 8.15. The second-order valence-corrected chi connectivity index (χ2v) is 5.29. The molecule has 1 aromatic carbocycles. The predicted octanol–water partition coefficient (Wildman–Crippen LogP) is 1.68. The SMILES string of the molecule is CCCNC(=O)[C@H](C)NC(=O)NCCCOc1ccc(OC)cc1. The Kier molecular flexibility index (Phi) is 9.11. The smallest absolute Gasteiger partial charge is 0.315 e. The lowest BCUT2D eigenvalue weighted by molar-refractivity contribution is -0.122. The van der Waals surface area contributed by atoms with Gasteiger partial charge in [0, 0.05) is 13.1 Å². The second-order valence-electron chi connectivity index (χ2n) is 5.29. The van der Waals surface area contributed by atoms with Gasteiger partial charge in [-0.05, 0) is 44.0 Å². The Bertz CT molecular complexity index is 505. The summed E-state index contributed by atoms with van der Waals surface area (Å²) >= 11 is 0. The number of carbonyl (C=O) groups excluding carboxylic acids is 2. The standard InChI is InChI=1S/C17H27N3O4/c1-4-10-18-16(21)13(2)20-17(22)19-11-5-12-24-15-8-6-14(23-3)7-9-15/h6-9,13H,4-5,10-12H2,1-3H3,(H,18,21)(H2,19,20,22)/t13-/m0/s1. The van der Waals surface area contributed by atoms with Crippen molar-refractivity contribution in [2.24, 2.45) is 0 Å². The van der Waals surface area contributed by atoms with E-state index in [0.29, 0.717) is 26.1 Å². The van der Waals surface area contributed by atoms with Gasteiger partial charge < -0.3 is 25.4 Å². The molecule has 7 heteroatoms. The molecule has 0 radical (unpaired) electrons. The number of ether oxygens (including phenoxy) is 2. The molecule has 0 aromatic heterocycles. The minimum atomic E-state index is -0.563. The summed E-state index contributed by atoms with van der Waals surface area (Å²) in [5, 5.41) is 8.02. The molecular weight excluding hydrogens is 310 g/mol. The fourth-order valence-corrected chi connectivity index (χ4v) is 1.85. The van der Waals surface area contributed by atoms with Crippen molar-refractivity contribution in [3.8, 4) is 11.5 Å². The fourth-order valence-electron chi connectivity index (χ4n) is 1.85. The molecule has 0 aliphatic heterocycles. The lowest BCUT2D eigenvalue weighted by Gasteiger charge is -2.14. The highest BCUT2D eigenvalue weighted by Crippen LogP contribution is 2.16. The predicted molar refractivity (Wildman–Crippen MR) is 92.4 cm³/mol. The fraction of sp³-hybridized carbons (Fsp3) is 0.529. The lowest BCUT2D eigenvalue weighted by Crippen LogP contribution is -2.48. The van der Waals surface area contributed by atoms with Crippen molar-refractivity contribution in [2.45, 2.75) is 32.7 Å². The minimum absolute atomic E-state index is 0.185. The first-order chi connectivity index (χ1) is 11.6. The quantitative estimate of drug-likeness (QED) is 0.567. The van der Waals surface area contributed by atoms with Gasteiger partial charge in [0.1, 0.15) is 17.5 Å². The average Bonchev–Trinajstić information content (AvgIpc) is 2.59. The number of amides is 3. The normalized spacial score (nSPS) is 11.3. The molecule has 0 spiro atoms. The van der Waals surface area contributed by atoms with Gasteiger partial charge in [-0.3, -0.25) is 4.79 Å². The average molecular weight is 337 g/mol.